The maximum absolute atomic E-state index is 12.5. The molecule has 0 saturated heterocycles. The van der Waals surface area contributed by atoms with E-state index in [2.05, 4.69) is 5.10 Å². The number of hydrazone groups is 1. The van der Waals surface area contributed by atoms with Crippen LogP contribution in [0.2, 0.25) is 0 Å². The molecule has 2 rings (SSSR count). The van der Waals surface area contributed by atoms with Crippen LogP contribution in [0, 0.1) is 11.8 Å². The number of ether oxygens (including phenoxy) is 2. The molecule has 25 heavy (non-hydrogen) atoms. The molecule has 0 unspecified atom stereocenters. The number of nitrogens with zero attached hydrogens (tertiary/aromatic N) is 2. The van der Waals surface area contributed by atoms with Crippen LogP contribution in [0.1, 0.15) is 25.5 Å². The smallest absolute Gasteiger partial charge is 0.335 e. The number of nitrogens with two attached hydrogens (primary N) is 1. The summed E-state index contributed by atoms with van der Waals surface area (Å²) in [4.78, 5) is 36.9. The van der Waals surface area contributed by atoms with Crippen LogP contribution in [0.5, 0.6) is 0 Å². The zero-order valence-electron chi connectivity index (χ0n) is 14.3. The molecule has 0 bridgehead atoms. The molecule has 1 aromatic carbocycles. The zero-order chi connectivity index (χ0) is 18.6. The second-order valence-corrected chi connectivity index (χ2v) is 5.56. The Bertz CT molecular complexity index is 689. The van der Waals surface area contributed by atoms with Crippen LogP contribution in [-0.4, -0.2) is 42.4 Å². The Balaban J connectivity index is 2.63. The summed E-state index contributed by atoms with van der Waals surface area (Å²) in [7, 11) is 1.22. The lowest BCUT2D eigenvalue weighted by Crippen LogP contribution is -2.51. The number of esters is 2. The number of benzene rings is 1. The summed E-state index contributed by atoms with van der Waals surface area (Å²) in [5, 5.41) is 5.17. The number of carbonyl (C=O) groups excluding carboxylic acids is 3. The lowest BCUT2D eigenvalue weighted by molar-refractivity contribution is -0.159. The van der Waals surface area contributed by atoms with Crippen LogP contribution in [0.4, 0.5) is 4.79 Å². The topological polar surface area (TPSA) is 111 Å². The van der Waals surface area contributed by atoms with E-state index in [9.17, 15) is 14.4 Å². The lowest BCUT2D eigenvalue weighted by atomic mass is 9.78. The SMILES string of the molecule is CCOC(=O)[C@H]1C(C)=NN(C(N)=O)[C@@H](c2ccccc2)[C@@H]1C(=O)OC. The molecule has 8 nitrogen and oxygen atoms in total. The van der Waals surface area contributed by atoms with Crippen molar-refractivity contribution in [3.05, 3.63) is 35.9 Å². The fraction of sp³-hybridized carbons (Fsp3) is 0.412. The van der Waals surface area contributed by atoms with Gasteiger partial charge in [-0.15, -0.1) is 0 Å². The van der Waals surface area contributed by atoms with Crippen LogP contribution in [0.25, 0.3) is 0 Å². The van der Waals surface area contributed by atoms with Gasteiger partial charge in [0.1, 0.15) is 11.8 Å². The number of hydrogen-bond donors (Lipinski definition) is 1. The van der Waals surface area contributed by atoms with E-state index >= 15 is 0 Å². The highest BCUT2D eigenvalue weighted by Crippen LogP contribution is 2.39. The molecule has 2 N–H and O–H groups in total. The molecule has 0 aromatic heterocycles. The highest BCUT2D eigenvalue weighted by Gasteiger charge is 2.50. The van der Waals surface area contributed by atoms with Crippen molar-refractivity contribution in [1.82, 2.24) is 5.01 Å². The first-order valence-corrected chi connectivity index (χ1v) is 7.85. The Morgan fingerprint density at radius 2 is 1.84 bits per heavy atom. The Morgan fingerprint density at radius 1 is 1.20 bits per heavy atom. The molecular formula is C17H21N3O5. The van der Waals surface area contributed by atoms with Gasteiger partial charge in [-0.2, -0.15) is 5.10 Å². The van der Waals surface area contributed by atoms with E-state index in [1.54, 1.807) is 44.2 Å². The molecule has 0 spiro atoms. The van der Waals surface area contributed by atoms with Gasteiger partial charge in [0.2, 0.25) is 0 Å². The zero-order valence-corrected chi connectivity index (χ0v) is 14.3. The van der Waals surface area contributed by atoms with Gasteiger partial charge < -0.3 is 15.2 Å². The van der Waals surface area contributed by atoms with Crippen LogP contribution < -0.4 is 5.73 Å². The molecule has 1 aliphatic heterocycles. The number of rotatable bonds is 4. The fourth-order valence-electron chi connectivity index (χ4n) is 3.02. The number of hydrogen-bond acceptors (Lipinski definition) is 6. The maximum atomic E-state index is 12.5. The highest BCUT2D eigenvalue weighted by molar-refractivity contribution is 6.05. The average molecular weight is 347 g/mol. The molecule has 0 aliphatic carbocycles. The summed E-state index contributed by atoms with van der Waals surface area (Å²) in [6.07, 6.45) is 0. The predicted octanol–water partition coefficient (Wildman–Crippen LogP) is 1.47. The molecule has 1 aliphatic rings. The van der Waals surface area contributed by atoms with Gasteiger partial charge in [-0.05, 0) is 19.4 Å². The quantitative estimate of drug-likeness (QED) is 0.829. The third-order valence-corrected chi connectivity index (χ3v) is 4.06. The standard InChI is InChI=1S/C17H21N3O5/c1-4-25-16(22)12-10(2)19-20(17(18)23)14(13(12)15(21)24-3)11-8-6-5-7-9-11/h5-9,12-14H,4H2,1-3H3,(H2,18,23)/t12-,13+,14-/m0/s1. The van der Waals surface area contributed by atoms with Gasteiger partial charge in [-0.3, -0.25) is 9.59 Å². The Morgan fingerprint density at radius 3 is 2.36 bits per heavy atom. The van der Waals surface area contributed by atoms with E-state index in [1.807, 2.05) is 0 Å². The van der Waals surface area contributed by atoms with E-state index in [0.717, 1.165) is 5.01 Å². The first-order valence-electron chi connectivity index (χ1n) is 7.85. The Labute approximate surface area is 145 Å². The number of primary amides is 1. The Hall–Kier alpha value is -2.90. The average Bonchev–Trinajstić information content (AvgIpc) is 2.60. The molecule has 1 aromatic rings. The van der Waals surface area contributed by atoms with Crippen LogP contribution in [0.3, 0.4) is 0 Å². The summed E-state index contributed by atoms with van der Waals surface area (Å²) < 4.78 is 9.99. The molecule has 0 fully saturated rings. The first kappa shape index (κ1) is 18.4. The number of carbonyl (C=O) groups is 3. The van der Waals surface area contributed by atoms with Crippen molar-refractivity contribution in [2.45, 2.75) is 19.9 Å². The molecular weight excluding hydrogens is 326 g/mol. The second kappa shape index (κ2) is 7.78. The van der Waals surface area contributed by atoms with E-state index in [-0.39, 0.29) is 12.3 Å². The van der Waals surface area contributed by atoms with E-state index < -0.39 is 35.8 Å². The molecule has 3 atom stereocenters. The molecule has 134 valence electrons. The summed E-state index contributed by atoms with van der Waals surface area (Å²) >= 11 is 0. The third-order valence-electron chi connectivity index (χ3n) is 4.06. The number of urea groups is 1. The van der Waals surface area contributed by atoms with Crippen molar-refractivity contribution in [3.8, 4) is 0 Å². The first-order chi connectivity index (χ1) is 11.9. The van der Waals surface area contributed by atoms with Crippen molar-refractivity contribution >= 4 is 23.7 Å². The molecule has 1 heterocycles. The van der Waals surface area contributed by atoms with Gasteiger partial charge in [0.15, 0.2) is 0 Å². The number of amides is 2. The highest BCUT2D eigenvalue weighted by atomic mass is 16.5. The largest absolute Gasteiger partial charge is 0.469 e. The molecule has 0 radical (unpaired) electrons. The summed E-state index contributed by atoms with van der Waals surface area (Å²) in [5.41, 5.74) is 6.33. The van der Waals surface area contributed by atoms with E-state index in [4.69, 9.17) is 15.2 Å². The normalized spacial score (nSPS) is 22.8. The van der Waals surface area contributed by atoms with Crippen molar-refractivity contribution in [3.63, 3.8) is 0 Å². The molecule has 0 saturated carbocycles. The van der Waals surface area contributed by atoms with Crippen LogP contribution >= 0.6 is 0 Å². The van der Waals surface area contributed by atoms with Gasteiger partial charge in [0.25, 0.3) is 0 Å². The molecule has 8 heteroatoms. The van der Waals surface area contributed by atoms with Crippen molar-refractivity contribution < 1.29 is 23.9 Å². The third kappa shape index (κ3) is 3.62. The van der Waals surface area contributed by atoms with Gasteiger partial charge in [0.05, 0.1) is 25.5 Å². The number of methoxy groups -OCH3 is 1. The minimum atomic E-state index is -1.02. The minimum absolute atomic E-state index is 0.159. The summed E-state index contributed by atoms with van der Waals surface area (Å²) in [6, 6.07) is 7.07. The van der Waals surface area contributed by atoms with Gasteiger partial charge in [-0.25, -0.2) is 9.80 Å². The second-order valence-electron chi connectivity index (χ2n) is 5.56. The van der Waals surface area contributed by atoms with Gasteiger partial charge >= 0.3 is 18.0 Å². The van der Waals surface area contributed by atoms with Crippen molar-refractivity contribution in [2.24, 2.45) is 22.7 Å². The van der Waals surface area contributed by atoms with Crippen molar-refractivity contribution in [2.75, 3.05) is 13.7 Å². The predicted molar refractivity (Wildman–Crippen MR) is 89.3 cm³/mol. The summed E-state index contributed by atoms with van der Waals surface area (Å²) in [6.45, 7) is 3.38. The maximum Gasteiger partial charge on any atom is 0.335 e. The molecule has 2 amide bonds. The lowest BCUT2D eigenvalue weighted by Gasteiger charge is -2.39. The van der Waals surface area contributed by atoms with E-state index in [1.165, 1.54) is 7.11 Å². The minimum Gasteiger partial charge on any atom is -0.469 e. The monoisotopic (exact) mass is 347 g/mol. The Kier molecular flexibility index (Phi) is 5.74. The van der Waals surface area contributed by atoms with Crippen LogP contribution in [-0.2, 0) is 19.1 Å². The fourth-order valence-corrected chi connectivity index (χ4v) is 3.02. The van der Waals surface area contributed by atoms with Crippen molar-refractivity contribution in [1.29, 1.82) is 0 Å². The van der Waals surface area contributed by atoms with Gasteiger partial charge in [-0.1, -0.05) is 30.3 Å². The van der Waals surface area contributed by atoms with Crippen LogP contribution in [0.15, 0.2) is 35.4 Å². The summed E-state index contributed by atoms with van der Waals surface area (Å²) in [5.74, 6) is -3.22. The van der Waals surface area contributed by atoms with E-state index in [0.29, 0.717) is 5.56 Å². The van der Waals surface area contributed by atoms with Gasteiger partial charge in [0, 0.05) is 0 Å².